The van der Waals surface area contributed by atoms with Gasteiger partial charge in [0.25, 0.3) is 6.71 Å². The van der Waals surface area contributed by atoms with Crippen LogP contribution in [0.2, 0.25) is 0 Å². The van der Waals surface area contributed by atoms with Crippen molar-refractivity contribution in [1.29, 1.82) is 0 Å². The van der Waals surface area contributed by atoms with Gasteiger partial charge in [0.15, 0.2) is 0 Å². The zero-order chi connectivity index (χ0) is 55.3. The molecule has 0 saturated heterocycles. The summed E-state index contributed by atoms with van der Waals surface area (Å²) in [5, 5.41) is 2.71. The van der Waals surface area contributed by atoms with Crippen LogP contribution >= 0.6 is 11.3 Å². The van der Waals surface area contributed by atoms with Gasteiger partial charge in [-0.05, 0) is 192 Å². The number of hydrogen-bond acceptors (Lipinski definition) is 4. The van der Waals surface area contributed by atoms with Gasteiger partial charge in [0.1, 0.15) is 0 Å². The molecule has 0 radical (unpaired) electrons. The van der Waals surface area contributed by atoms with Crippen molar-refractivity contribution in [3.63, 3.8) is 0 Å². The number of nitrogens with zero attached hydrogens (tertiary/aromatic N) is 3. The van der Waals surface area contributed by atoms with Crippen LogP contribution in [0.3, 0.4) is 0 Å². The zero-order valence-electron chi connectivity index (χ0n) is 49.3. The lowest BCUT2D eigenvalue weighted by Crippen LogP contribution is -2.61. The monoisotopic (exact) mass is 1050 g/mol. The Kier molecular flexibility index (Phi) is 11.7. The standard InChI is InChI=1S/C74H78BN3S/c1-69(2,3)48-30-33-52(34-31-48)77-61-43-53(76(50-26-20-16-21-27-50)51-28-22-17-23-29-51)44-62-66(61)75(59-36-35-56-64(67(59)77)74(13,14)41-40-71(56,7)8)65-55-45-57-58(73(11,12)39-38-72(57,9)10)46-63(55)79-68(65)78(62)60-37-32-49(70(4,5)6)42-54(60)47-24-18-15-19-25-47/h15-37,42-46H,38-41H2,1-14H3. The largest absolute Gasteiger partial charge is 0.311 e. The van der Waals surface area contributed by atoms with E-state index >= 15 is 0 Å². The summed E-state index contributed by atoms with van der Waals surface area (Å²) in [6.45, 7) is 34.0. The first-order chi connectivity index (χ1) is 37.4. The van der Waals surface area contributed by atoms with Crippen LogP contribution in [0.15, 0.2) is 170 Å². The van der Waals surface area contributed by atoms with E-state index in [0.717, 1.165) is 29.9 Å². The van der Waals surface area contributed by atoms with E-state index in [-0.39, 0.29) is 39.2 Å². The predicted molar refractivity (Wildman–Crippen MR) is 344 cm³/mol. The highest BCUT2D eigenvalue weighted by Gasteiger charge is 2.51. The summed E-state index contributed by atoms with van der Waals surface area (Å²) >= 11 is 2.01. The van der Waals surface area contributed by atoms with Crippen LogP contribution in [-0.4, -0.2) is 6.71 Å². The highest BCUT2D eigenvalue weighted by molar-refractivity contribution is 7.26. The molecule has 5 heteroatoms. The molecule has 1 aromatic heterocycles. The Labute approximate surface area is 476 Å². The molecule has 0 bridgehead atoms. The predicted octanol–water partition coefficient (Wildman–Crippen LogP) is 19.4. The minimum Gasteiger partial charge on any atom is -0.311 e. The number of hydrogen-bond donors (Lipinski definition) is 0. The fraction of sp³-hybridized carbons (Fsp3) is 0.324. The molecule has 0 atom stereocenters. The second-order valence-corrected chi connectivity index (χ2v) is 29.4. The molecular formula is C74H78BN3S. The third-order valence-electron chi connectivity index (χ3n) is 19.1. The van der Waals surface area contributed by atoms with Crippen LogP contribution in [0.5, 0.6) is 0 Å². The van der Waals surface area contributed by atoms with E-state index in [9.17, 15) is 0 Å². The Morgan fingerprint density at radius 2 is 0.975 bits per heavy atom. The van der Waals surface area contributed by atoms with Gasteiger partial charge in [-0.15, -0.1) is 11.3 Å². The lowest BCUT2D eigenvalue weighted by atomic mass is 9.33. The van der Waals surface area contributed by atoms with Crippen molar-refractivity contribution in [2.24, 2.45) is 0 Å². The topological polar surface area (TPSA) is 9.72 Å². The summed E-state index contributed by atoms with van der Waals surface area (Å²) in [7, 11) is 0. The average Bonchev–Trinajstić information content (AvgIpc) is 3.97. The summed E-state index contributed by atoms with van der Waals surface area (Å²) in [4.78, 5) is 7.96. The van der Waals surface area contributed by atoms with Gasteiger partial charge in [-0.25, -0.2) is 0 Å². The van der Waals surface area contributed by atoms with Gasteiger partial charge >= 0.3 is 0 Å². The van der Waals surface area contributed by atoms with Crippen molar-refractivity contribution in [2.45, 2.75) is 155 Å². The first-order valence-electron chi connectivity index (χ1n) is 29.2. The highest BCUT2D eigenvalue weighted by atomic mass is 32.1. The SMILES string of the molecule is CC(C)(C)c1ccc(N2c3cc(N(c4ccccc4)c4ccccc4)cc4c3B(c3ccc5c(c32)C(C)(C)CCC5(C)C)c2c(sc3cc5c(cc23)C(C)(C)CCC5(C)C)N4c2ccc(C(C)(C)C)cc2-c2ccccc2)cc1. The van der Waals surface area contributed by atoms with Crippen LogP contribution in [0.1, 0.15) is 156 Å². The number of rotatable bonds is 6. The second-order valence-electron chi connectivity index (χ2n) is 28.3. The van der Waals surface area contributed by atoms with Gasteiger partial charge in [-0.1, -0.05) is 194 Å². The minimum atomic E-state index is -0.0911. The van der Waals surface area contributed by atoms with Gasteiger partial charge < -0.3 is 14.7 Å². The Morgan fingerprint density at radius 3 is 1.56 bits per heavy atom. The van der Waals surface area contributed by atoms with E-state index < -0.39 is 0 Å². The number of anilines is 9. The molecule has 13 rings (SSSR count). The van der Waals surface area contributed by atoms with Crippen molar-refractivity contribution >= 4 is 95.0 Å². The molecule has 0 unspecified atom stereocenters. The van der Waals surface area contributed by atoms with E-state index in [1.165, 1.54) is 117 Å². The zero-order valence-corrected chi connectivity index (χ0v) is 50.1. The third-order valence-corrected chi connectivity index (χ3v) is 20.2. The Bertz CT molecular complexity index is 3830. The number of fused-ring (bicyclic) bond motifs is 9. The maximum Gasteiger partial charge on any atom is 0.254 e. The molecule has 0 N–H and O–H groups in total. The number of thiophene rings is 1. The average molecular weight is 1050 g/mol. The summed E-state index contributed by atoms with van der Waals surface area (Å²) in [6, 6.07) is 65.9. The molecule has 4 aliphatic rings. The summed E-state index contributed by atoms with van der Waals surface area (Å²) < 4.78 is 1.37. The lowest BCUT2D eigenvalue weighted by Gasteiger charge is -2.49. The molecule has 3 nitrogen and oxygen atoms in total. The molecular weight excluding hydrogens is 974 g/mol. The Balaban J connectivity index is 1.24. The van der Waals surface area contributed by atoms with Crippen molar-refractivity contribution in [2.75, 3.05) is 14.7 Å². The molecule has 9 aromatic rings. The van der Waals surface area contributed by atoms with E-state index in [0.29, 0.717) is 0 Å². The molecule has 2 aliphatic heterocycles. The van der Waals surface area contributed by atoms with E-state index in [1.54, 1.807) is 0 Å². The summed E-state index contributed by atoms with van der Waals surface area (Å²) in [5.41, 5.74) is 24.8. The molecule has 79 heavy (non-hydrogen) atoms. The normalized spacial score (nSPS) is 17.4. The van der Waals surface area contributed by atoms with Crippen LogP contribution in [-0.2, 0) is 32.5 Å². The van der Waals surface area contributed by atoms with Crippen molar-refractivity contribution in [3.8, 4) is 11.1 Å². The van der Waals surface area contributed by atoms with E-state index in [1.807, 2.05) is 11.3 Å². The number of para-hydroxylation sites is 2. The molecule has 0 saturated carbocycles. The second kappa shape index (κ2) is 17.8. The van der Waals surface area contributed by atoms with Gasteiger partial charge in [0, 0.05) is 44.4 Å². The fourth-order valence-electron chi connectivity index (χ4n) is 14.2. The molecule has 3 heterocycles. The molecule has 2 aliphatic carbocycles. The molecule has 0 amide bonds. The van der Waals surface area contributed by atoms with Gasteiger partial charge in [-0.3, -0.25) is 0 Å². The van der Waals surface area contributed by atoms with Gasteiger partial charge in [0.05, 0.1) is 16.4 Å². The van der Waals surface area contributed by atoms with Crippen molar-refractivity contribution in [3.05, 3.63) is 203 Å². The first-order valence-corrected chi connectivity index (χ1v) is 30.0. The third kappa shape index (κ3) is 8.25. The quantitative estimate of drug-likeness (QED) is 0.154. The van der Waals surface area contributed by atoms with E-state index in [2.05, 4.69) is 281 Å². The fourth-order valence-corrected chi connectivity index (χ4v) is 15.5. The van der Waals surface area contributed by atoms with Crippen molar-refractivity contribution < 1.29 is 0 Å². The van der Waals surface area contributed by atoms with Crippen LogP contribution in [0.25, 0.3) is 21.2 Å². The van der Waals surface area contributed by atoms with Crippen LogP contribution in [0.4, 0.5) is 50.5 Å². The molecule has 8 aromatic carbocycles. The summed E-state index contributed by atoms with van der Waals surface area (Å²) in [6.07, 6.45) is 4.60. The summed E-state index contributed by atoms with van der Waals surface area (Å²) in [5.74, 6) is 0. The maximum atomic E-state index is 2.74. The highest BCUT2D eigenvalue weighted by Crippen LogP contribution is 2.57. The van der Waals surface area contributed by atoms with Gasteiger partial charge in [0.2, 0.25) is 0 Å². The first kappa shape index (κ1) is 51.6. The maximum absolute atomic E-state index is 2.74. The molecule has 0 fully saturated rings. The van der Waals surface area contributed by atoms with Crippen molar-refractivity contribution in [1.82, 2.24) is 0 Å². The molecule has 0 spiro atoms. The number of benzene rings is 8. The Hall–Kier alpha value is -6.82. The van der Waals surface area contributed by atoms with E-state index in [4.69, 9.17) is 0 Å². The van der Waals surface area contributed by atoms with Crippen LogP contribution in [0, 0.1) is 0 Å². The van der Waals surface area contributed by atoms with Gasteiger partial charge in [-0.2, -0.15) is 0 Å². The molecule has 398 valence electrons. The smallest absolute Gasteiger partial charge is 0.254 e. The minimum absolute atomic E-state index is 0.000453. The lowest BCUT2D eigenvalue weighted by molar-refractivity contribution is 0.332. The van der Waals surface area contributed by atoms with Crippen LogP contribution < -0.4 is 31.1 Å². The Morgan fingerprint density at radius 1 is 0.456 bits per heavy atom.